The average molecular weight is 379 g/mol. The second kappa shape index (κ2) is 6.82. The minimum absolute atomic E-state index is 0.198. The lowest BCUT2D eigenvalue weighted by atomic mass is 10.1. The molecule has 7 nitrogen and oxygen atoms in total. The highest BCUT2D eigenvalue weighted by molar-refractivity contribution is 5.75. The fraction of sp³-hybridized carbons (Fsp3) is 0.381. The zero-order chi connectivity index (χ0) is 20.0. The maximum Gasteiger partial charge on any atom is 0.332 e. The van der Waals surface area contributed by atoms with Gasteiger partial charge in [0.15, 0.2) is 11.2 Å². The van der Waals surface area contributed by atoms with E-state index in [1.807, 2.05) is 49.6 Å². The first-order chi connectivity index (χ1) is 13.4. The number of aryl methyl sites for hydroxylation is 4. The van der Waals surface area contributed by atoms with Gasteiger partial charge in [-0.25, -0.2) is 4.79 Å². The summed E-state index contributed by atoms with van der Waals surface area (Å²) in [5, 5.41) is 0. The molecule has 4 aromatic rings. The van der Waals surface area contributed by atoms with Gasteiger partial charge in [0.2, 0.25) is 5.78 Å². The molecule has 3 aromatic heterocycles. The molecule has 0 saturated heterocycles. The number of imidazole rings is 2. The van der Waals surface area contributed by atoms with Crippen molar-refractivity contribution in [3.8, 4) is 0 Å². The third-order valence-electron chi connectivity index (χ3n) is 5.16. The highest BCUT2D eigenvalue weighted by Gasteiger charge is 2.20. The first kappa shape index (κ1) is 18.3. The van der Waals surface area contributed by atoms with Gasteiger partial charge in [0, 0.05) is 32.0 Å². The second-order valence-corrected chi connectivity index (χ2v) is 7.76. The van der Waals surface area contributed by atoms with Crippen LogP contribution in [0.2, 0.25) is 0 Å². The van der Waals surface area contributed by atoms with Gasteiger partial charge in [0.05, 0.1) is 0 Å². The molecule has 0 fully saturated rings. The van der Waals surface area contributed by atoms with E-state index >= 15 is 0 Å². The lowest BCUT2D eigenvalue weighted by Gasteiger charge is -2.09. The zero-order valence-electron chi connectivity index (χ0n) is 16.7. The number of hydrogen-bond acceptors (Lipinski definition) is 3. The Bertz CT molecular complexity index is 1270. The van der Waals surface area contributed by atoms with Gasteiger partial charge in [-0.2, -0.15) is 4.98 Å². The van der Waals surface area contributed by atoms with Crippen molar-refractivity contribution >= 4 is 16.9 Å². The predicted molar refractivity (Wildman–Crippen MR) is 110 cm³/mol. The van der Waals surface area contributed by atoms with Gasteiger partial charge in [0.25, 0.3) is 5.56 Å². The molecular weight excluding hydrogens is 354 g/mol. The standard InChI is InChI=1S/C21H25N5O2/c1-14(2)12-26-19(27)17-18(23(4)21(26)28)22-20-24(15(3)13-25(17)20)11-10-16-8-6-5-7-9-16/h5-9,13-14H,10-12H2,1-4H3. The highest BCUT2D eigenvalue weighted by atomic mass is 16.2. The topological polar surface area (TPSA) is 66.2 Å². The second-order valence-electron chi connectivity index (χ2n) is 7.76. The number of hydrogen-bond donors (Lipinski definition) is 0. The van der Waals surface area contributed by atoms with Crippen LogP contribution in [0.4, 0.5) is 0 Å². The van der Waals surface area contributed by atoms with Crippen molar-refractivity contribution < 1.29 is 0 Å². The smallest absolute Gasteiger partial charge is 0.314 e. The molecule has 3 heterocycles. The van der Waals surface area contributed by atoms with Crippen molar-refractivity contribution in [2.75, 3.05) is 0 Å². The van der Waals surface area contributed by atoms with Gasteiger partial charge in [0.1, 0.15) is 0 Å². The summed E-state index contributed by atoms with van der Waals surface area (Å²) in [6, 6.07) is 10.3. The Morgan fingerprint density at radius 1 is 1.07 bits per heavy atom. The monoisotopic (exact) mass is 379 g/mol. The highest BCUT2D eigenvalue weighted by Crippen LogP contribution is 2.17. The van der Waals surface area contributed by atoms with E-state index in [-0.39, 0.29) is 17.2 Å². The lowest BCUT2D eigenvalue weighted by Crippen LogP contribution is -2.40. The fourth-order valence-corrected chi connectivity index (χ4v) is 3.74. The predicted octanol–water partition coefficient (Wildman–Crippen LogP) is 2.36. The number of aromatic nitrogens is 5. The van der Waals surface area contributed by atoms with Gasteiger partial charge >= 0.3 is 5.69 Å². The van der Waals surface area contributed by atoms with E-state index in [4.69, 9.17) is 0 Å². The molecule has 0 atom stereocenters. The van der Waals surface area contributed by atoms with Gasteiger partial charge in [-0.3, -0.25) is 18.3 Å². The molecule has 7 heteroatoms. The maximum atomic E-state index is 13.1. The number of benzene rings is 1. The van der Waals surface area contributed by atoms with E-state index in [0.717, 1.165) is 18.7 Å². The maximum absolute atomic E-state index is 13.1. The Hall–Kier alpha value is -3.09. The van der Waals surface area contributed by atoms with E-state index in [1.165, 1.54) is 14.7 Å². The molecule has 0 radical (unpaired) electrons. The summed E-state index contributed by atoms with van der Waals surface area (Å²) in [6.07, 6.45) is 2.80. The van der Waals surface area contributed by atoms with Crippen LogP contribution in [0.25, 0.3) is 16.9 Å². The van der Waals surface area contributed by atoms with Crippen molar-refractivity contribution in [3.63, 3.8) is 0 Å². The minimum Gasteiger partial charge on any atom is -0.314 e. The van der Waals surface area contributed by atoms with Crippen LogP contribution in [-0.2, 0) is 26.6 Å². The summed E-state index contributed by atoms with van der Waals surface area (Å²) in [5.41, 5.74) is 2.57. The lowest BCUT2D eigenvalue weighted by molar-refractivity contribution is 0.484. The van der Waals surface area contributed by atoms with Crippen LogP contribution in [0.3, 0.4) is 0 Å². The number of rotatable bonds is 5. The van der Waals surface area contributed by atoms with Crippen molar-refractivity contribution in [2.24, 2.45) is 13.0 Å². The van der Waals surface area contributed by atoms with E-state index < -0.39 is 0 Å². The van der Waals surface area contributed by atoms with E-state index in [2.05, 4.69) is 21.7 Å². The van der Waals surface area contributed by atoms with Gasteiger partial charge in [-0.05, 0) is 24.8 Å². The third-order valence-corrected chi connectivity index (χ3v) is 5.16. The first-order valence-electron chi connectivity index (χ1n) is 9.60. The first-order valence-corrected chi connectivity index (χ1v) is 9.60. The van der Waals surface area contributed by atoms with Crippen molar-refractivity contribution in [3.05, 3.63) is 68.6 Å². The summed E-state index contributed by atoms with van der Waals surface area (Å²) in [7, 11) is 1.68. The van der Waals surface area contributed by atoms with Crippen LogP contribution in [0.15, 0.2) is 46.1 Å². The van der Waals surface area contributed by atoms with E-state index in [0.29, 0.717) is 23.5 Å². The molecule has 4 rings (SSSR count). The summed E-state index contributed by atoms with van der Waals surface area (Å²) >= 11 is 0. The summed E-state index contributed by atoms with van der Waals surface area (Å²) < 4.78 is 6.72. The Balaban J connectivity index is 1.88. The normalized spacial score (nSPS) is 11.9. The van der Waals surface area contributed by atoms with Crippen LogP contribution in [0.1, 0.15) is 25.1 Å². The molecular formula is C21H25N5O2. The Kier molecular flexibility index (Phi) is 4.45. The summed E-state index contributed by atoms with van der Waals surface area (Å²) in [5.74, 6) is 0.890. The van der Waals surface area contributed by atoms with Crippen LogP contribution in [0.5, 0.6) is 0 Å². The summed E-state index contributed by atoms with van der Waals surface area (Å²) in [6.45, 7) is 7.14. The average Bonchev–Trinajstić information content (AvgIpc) is 3.17. The molecule has 1 aromatic carbocycles. The molecule has 146 valence electrons. The van der Waals surface area contributed by atoms with Crippen molar-refractivity contribution in [2.45, 2.75) is 40.3 Å². The van der Waals surface area contributed by atoms with Crippen LogP contribution in [-0.4, -0.2) is 23.1 Å². The van der Waals surface area contributed by atoms with Gasteiger partial charge in [-0.15, -0.1) is 0 Å². The Morgan fingerprint density at radius 2 is 1.79 bits per heavy atom. The van der Waals surface area contributed by atoms with Crippen LogP contribution >= 0.6 is 0 Å². The largest absolute Gasteiger partial charge is 0.332 e. The van der Waals surface area contributed by atoms with E-state index in [9.17, 15) is 9.59 Å². The van der Waals surface area contributed by atoms with Crippen molar-refractivity contribution in [1.82, 2.24) is 23.1 Å². The Labute approximate surface area is 162 Å². The van der Waals surface area contributed by atoms with Gasteiger partial charge < -0.3 is 4.57 Å². The molecule has 0 unspecified atom stereocenters. The molecule has 0 amide bonds. The van der Waals surface area contributed by atoms with Crippen LogP contribution < -0.4 is 11.2 Å². The molecule has 0 spiro atoms. The number of nitrogens with zero attached hydrogens (tertiary/aromatic N) is 5. The SMILES string of the molecule is Cc1cn2c3c(=O)n(CC(C)C)c(=O)n(C)c3nc2n1CCc1ccccc1. The molecule has 0 bridgehead atoms. The van der Waals surface area contributed by atoms with E-state index in [1.54, 1.807) is 7.05 Å². The third kappa shape index (κ3) is 2.87. The quantitative estimate of drug-likeness (QED) is 0.535. The summed E-state index contributed by atoms with van der Waals surface area (Å²) in [4.78, 5) is 30.4. The Morgan fingerprint density at radius 3 is 2.46 bits per heavy atom. The molecule has 0 saturated carbocycles. The minimum atomic E-state index is -0.320. The molecule has 0 N–H and O–H groups in total. The van der Waals surface area contributed by atoms with Gasteiger partial charge in [-0.1, -0.05) is 44.2 Å². The fourth-order valence-electron chi connectivity index (χ4n) is 3.74. The van der Waals surface area contributed by atoms with Crippen LogP contribution in [0, 0.1) is 12.8 Å². The zero-order valence-corrected chi connectivity index (χ0v) is 16.7. The molecule has 28 heavy (non-hydrogen) atoms. The molecule has 0 aliphatic rings. The molecule has 0 aliphatic carbocycles. The number of fused-ring (bicyclic) bond motifs is 3. The molecule has 0 aliphatic heterocycles. The van der Waals surface area contributed by atoms with Crippen molar-refractivity contribution in [1.29, 1.82) is 0 Å².